The van der Waals surface area contributed by atoms with Gasteiger partial charge >= 0.3 is 12.7 Å². The molecule has 14 nitrogen and oxygen atoms in total. The van der Waals surface area contributed by atoms with Crippen molar-refractivity contribution in [3.63, 3.8) is 0 Å². The normalized spacial score (nSPS) is 31.4. The third-order valence-corrected chi connectivity index (χ3v) is 10.6. The van der Waals surface area contributed by atoms with Crippen molar-refractivity contribution in [3.05, 3.63) is 42.2 Å². The number of anilines is 1. The number of imidazole rings is 1. The Morgan fingerprint density at radius 3 is 2.85 bits per heavy atom. The highest BCUT2D eigenvalue weighted by molar-refractivity contribution is 8.56. The molecule has 7 atom stereocenters. The molecule has 2 aromatic heterocycles. The number of aliphatic hydroxyl groups is 2. The minimum Gasteiger partial charge on any atom is -0.479 e. The number of methoxy groups -OCH3 is 1. The van der Waals surface area contributed by atoms with Gasteiger partial charge in [0.15, 0.2) is 17.4 Å². The molecule has 1 aromatic carbocycles. The maximum absolute atomic E-state index is 13.3. The first-order chi connectivity index (χ1) is 18.5. The van der Waals surface area contributed by atoms with Crippen LogP contribution in [-0.2, 0) is 23.4 Å². The molecule has 4 heterocycles. The Kier molecular flexibility index (Phi) is 7.59. The van der Waals surface area contributed by atoms with Crippen molar-refractivity contribution in [1.82, 2.24) is 24.6 Å². The van der Waals surface area contributed by atoms with Gasteiger partial charge in [0.1, 0.15) is 30.0 Å². The number of nitrogens with one attached hydrogen (secondary N) is 1. The molecule has 0 bridgehead atoms. The number of nitrogens with two attached hydrogens (primary N) is 1. The lowest BCUT2D eigenvalue weighted by Crippen LogP contribution is -2.44. The molecule has 2 aliphatic heterocycles. The summed E-state index contributed by atoms with van der Waals surface area (Å²) in [5, 5.41) is 24.7. The van der Waals surface area contributed by atoms with Crippen molar-refractivity contribution < 1.29 is 38.3 Å². The van der Waals surface area contributed by atoms with Crippen molar-refractivity contribution in [2.75, 3.05) is 25.2 Å². The van der Waals surface area contributed by atoms with Crippen LogP contribution in [0.25, 0.3) is 11.2 Å². The zero-order valence-corrected chi connectivity index (χ0v) is 23.0. The van der Waals surface area contributed by atoms with Gasteiger partial charge < -0.3 is 34.7 Å². The molecule has 39 heavy (non-hydrogen) atoms. The molecule has 2 unspecified atom stereocenters. The number of hydrogen-bond acceptors (Lipinski definition) is 13. The highest BCUT2D eigenvalue weighted by Crippen LogP contribution is 2.61. The molecule has 0 amide bonds. The lowest BCUT2D eigenvalue weighted by molar-refractivity contribution is -0.150. The van der Waals surface area contributed by atoms with Crippen molar-refractivity contribution in [2.45, 2.75) is 50.0 Å². The number of fused-ring (bicyclic) bond motifs is 1. The predicted octanol–water partition coefficient (Wildman–Crippen LogP) is 1.56. The van der Waals surface area contributed by atoms with Crippen LogP contribution < -0.4 is 15.6 Å². The van der Waals surface area contributed by atoms with Gasteiger partial charge in [-0.25, -0.2) is 10.1 Å². The summed E-state index contributed by atoms with van der Waals surface area (Å²) < 4.78 is 37.0. The quantitative estimate of drug-likeness (QED) is 0.221. The molecule has 2 fully saturated rings. The van der Waals surface area contributed by atoms with Gasteiger partial charge in [-0.1, -0.05) is 41.7 Å². The van der Waals surface area contributed by atoms with Crippen LogP contribution >= 0.6 is 18.1 Å². The van der Waals surface area contributed by atoms with Gasteiger partial charge in [0.2, 0.25) is 11.8 Å². The van der Waals surface area contributed by atoms with Gasteiger partial charge in [-0.3, -0.25) is 13.9 Å². The summed E-state index contributed by atoms with van der Waals surface area (Å²) in [6.07, 6.45) is -2.75. The fourth-order valence-corrected chi connectivity index (χ4v) is 8.33. The number of hydrogen-bond donors (Lipinski definition) is 4. The molecule has 210 valence electrons. The van der Waals surface area contributed by atoms with Gasteiger partial charge in [0.25, 0.3) is 0 Å². The zero-order chi connectivity index (χ0) is 27.9. The van der Waals surface area contributed by atoms with Gasteiger partial charge in [0, 0.05) is 5.75 Å². The minimum atomic E-state index is -3.53. The number of ether oxygens (including phenoxy) is 3. The van der Waals surface area contributed by atoms with E-state index in [-0.39, 0.29) is 35.4 Å². The maximum Gasteiger partial charge on any atom is 0.327 e. The average molecular weight is 581 g/mol. The Labute approximate surface area is 227 Å². The van der Waals surface area contributed by atoms with E-state index in [1.165, 1.54) is 24.9 Å². The first-order valence-corrected chi connectivity index (χ1v) is 15.3. The van der Waals surface area contributed by atoms with Gasteiger partial charge in [-0.2, -0.15) is 9.97 Å². The summed E-state index contributed by atoms with van der Waals surface area (Å²) in [7, 11) is 1.41. The van der Waals surface area contributed by atoms with E-state index in [1.54, 1.807) is 6.92 Å². The summed E-state index contributed by atoms with van der Waals surface area (Å²) in [5.74, 6) is -0.310. The number of nitrogens with zero attached hydrogens (tertiary/aromatic N) is 4. The second kappa shape index (κ2) is 10.7. The highest BCUT2D eigenvalue weighted by atomic mass is 32.7. The topological polar surface area (TPSA) is 193 Å². The Bertz CT molecular complexity index is 1410. The predicted molar refractivity (Wildman–Crippen MR) is 141 cm³/mol. The van der Waals surface area contributed by atoms with Crippen LogP contribution in [0.5, 0.6) is 5.88 Å². The first kappa shape index (κ1) is 27.8. The molecule has 0 saturated carbocycles. The van der Waals surface area contributed by atoms with Crippen LogP contribution in [0, 0.1) is 0 Å². The van der Waals surface area contributed by atoms with Crippen LogP contribution in [0.3, 0.4) is 0 Å². The van der Waals surface area contributed by atoms with E-state index in [2.05, 4.69) is 20.0 Å². The maximum atomic E-state index is 13.3. The minimum absolute atomic E-state index is 0.0761. The lowest BCUT2D eigenvalue weighted by atomic mass is 9.96. The summed E-state index contributed by atoms with van der Waals surface area (Å²) in [6.45, 7) is -0.719. The number of aromatic nitrogens is 4. The number of carbonyl (C=O) groups excluding carboxylic acids is 1. The molecule has 2 saturated heterocycles. The largest absolute Gasteiger partial charge is 0.479 e. The molecule has 0 aliphatic carbocycles. The fourth-order valence-electron chi connectivity index (χ4n) is 4.45. The van der Waals surface area contributed by atoms with E-state index < -0.39 is 48.9 Å². The molecule has 2 aliphatic rings. The van der Waals surface area contributed by atoms with Gasteiger partial charge in [0.05, 0.1) is 20.0 Å². The van der Waals surface area contributed by atoms with E-state index >= 15 is 0 Å². The number of esters is 1. The Balaban J connectivity index is 1.23. The third-order valence-electron chi connectivity index (χ3n) is 6.59. The molecule has 5 N–H and O–H groups in total. The van der Waals surface area contributed by atoms with Crippen LogP contribution in [0.4, 0.5) is 5.95 Å². The summed E-state index contributed by atoms with van der Waals surface area (Å²) >= 11 is 0.956. The molecule has 3 aromatic rings. The molecular weight excluding hydrogens is 551 g/mol. The highest BCUT2D eigenvalue weighted by Gasteiger charge is 2.54. The standard InChI is InChI=1S/C23H29N6O8PS/c1-12(13-7-5-4-6-8-13)36-20(31)14-10-39-38(33,28-14)35-9-15-17(30)23(2,32)21(37-15)29-11-25-16-18(29)26-22(24)27-19(16)34-3/h4-8,11-12,14-15,17,21,30,32H,9-10H2,1-3H3,(H,28,33)(H2,24,26,27)/t12-,14-,15?,17+,21+,23+,38?/m0/s1. The fraction of sp³-hybridized carbons (Fsp3) is 0.478. The van der Waals surface area contributed by atoms with Crippen LogP contribution in [0.1, 0.15) is 31.7 Å². The number of rotatable bonds is 8. The van der Waals surface area contributed by atoms with Crippen molar-refractivity contribution in [2.24, 2.45) is 0 Å². The van der Waals surface area contributed by atoms with Crippen LogP contribution in [-0.4, -0.2) is 79.0 Å². The molecule has 0 spiro atoms. The Morgan fingerprint density at radius 2 is 2.13 bits per heavy atom. The average Bonchev–Trinajstić information content (AvgIpc) is 3.57. The summed E-state index contributed by atoms with van der Waals surface area (Å²) in [5.41, 5.74) is 5.33. The second-order valence-corrected chi connectivity index (χ2v) is 13.7. The number of carbonyl (C=O) groups is 1. The monoisotopic (exact) mass is 580 g/mol. The Hall–Kier alpha value is -2.78. The SMILES string of the molecule is COc1nc(N)nc2c1ncn2[C@@H]1OC(COP2(=O)N[C@H](C(=O)O[C@@H](C)c3ccccc3)CS2)[C@@H](O)[C@@]1(C)O. The summed E-state index contributed by atoms with van der Waals surface area (Å²) in [6, 6.07) is 8.43. The second-order valence-electron chi connectivity index (χ2n) is 9.37. The molecule has 5 rings (SSSR count). The van der Waals surface area contributed by atoms with E-state index in [4.69, 9.17) is 24.5 Å². The van der Waals surface area contributed by atoms with Crippen molar-refractivity contribution in [1.29, 1.82) is 0 Å². The molecule has 16 heteroatoms. The van der Waals surface area contributed by atoms with Crippen LogP contribution in [0.15, 0.2) is 36.7 Å². The van der Waals surface area contributed by atoms with E-state index in [0.29, 0.717) is 0 Å². The van der Waals surface area contributed by atoms with E-state index in [9.17, 15) is 19.6 Å². The zero-order valence-electron chi connectivity index (χ0n) is 21.3. The van der Waals surface area contributed by atoms with E-state index in [1.807, 2.05) is 30.3 Å². The number of benzene rings is 1. The van der Waals surface area contributed by atoms with Crippen LogP contribution in [0.2, 0.25) is 0 Å². The smallest absolute Gasteiger partial charge is 0.327 e. The first-order valence-electron chi connectivity index (χ1n) is 12.0. The van der Waals surface area contributed by atoms with Crippen molar-refractivity contribution >= 4 is 41.2 Å². The Morgan fingerprint density at radius 1 is 1.38 bits per heavy atom. The van der Waals surface area contributed by atoms with Gasteiger partial charge in [-0.15, -0.1) is 0 Å². The number of nitrogen functional groups attached to an aromatic ring is 1. The molecule has 0 radical (unpaired) electrons. The summed E-state index contributed by atoms with van der Waals surface area (Å²) in [4.78, 5) is 25.0. The van der Waals surface area contributed by atoms with Gasteiger partial charge in [-0.05, 0) is 19.4 Å². The third kappa shape index (κ3) is 5.35. The van der Waals surface area contributed by atoms with E-state index in [0.717, 1.165) is 16.9 Å². The number of aliphatic hydroxyl groups excluding tert-OH is 1. The molecular formula is C23H29N6O8PS. The lowest BCUT2D eigenvalue weighted by Gasteiger charge is -2.27. The van der Waals surface area contributed by atoms with Crippen molar-refractivity contribution in [3.8, 4) is 5.88 Å².